The number of carbonyl (C=O) groups is 1. The van der Waals surface area contributed by atoms with Crippen LogP contribution in [-0.4, -0.2) is 12.5 Å². The van der Waals surface area contributed by atoms with Gasteiger partial charge in [-0.15, -0.1) is 0 Å². The van der Waals surface area contributed by atoms with Crippen LogP contribution in [0.3, 0.4) is 0 Å². The van der Waals surface area contributed by atoms with Gasteiger partial charge in [0.2, 0.25) is 5.91 Å². The largest absolute Gasteiger partial charge is 0.356 e. The van der Waals surface area contributed by atoms with E-state index in [-0.39, 0.29) is 5.91 Å². The molecule has 3 heteroatoms. The highest BCUT2D eigenvalue weighted by Gasteiger charge is 1.95. The van der Waals surface area contributed by atoms with Gasteiger partial charge >= 0.3 is 0 Å². The number of benzene rings is 1. The van der Waals surface area contributed by atoms with Crippen LogP contribution < -0.4 is 5.32 Å². The van der Waals surface area contributed by atoms with Gasteiger partial charge in [0.1, 0.15) is 0 Å². The second-order valence-electron chi connectivity index (χ2n) is 3.70. The van der Waals surface area contributed by atoms with Crippen LogP contribution in [0.1, 0.15) is 24.5 Å². The van der Waals surface area contributed by atoms with Gasteiger partial charge in [-0.05, 0) is 25.0 Å². The number of aryl methyl sites for hydroxylation is 1. The van der Waals surface area contributed by atoms with E-state index in [1.165, 1.54) is 12.5 Å². The molecule has 0 atom stereocenters. The van der Waals surface area contributed by atoms with Crippen LogP contribution in [0.25, 0.3) is 6.08 Å². The molecule has 0 spiro atoms. The van der Waals surface area contributed by atoms with Crippen molar-refractivity contribution in [3.05, 3.63) is 40.4 Å². The SMILES string of the molecule is CC(=O)NCCC=Cc1cc(C)ccc1Cl. The fourth-order valence-electron chi connectivity index (χ4n) is 1.33. The van der Waals surface area contributed by atoms with Crippen molar-refractivity contribution in [1.29, 1.82) is 0 Å². The third-order valence-electron chi connectivity index (χ3n) is 2.13. The Hall–Kier alpha value is -1.28. The molecule has 0 unspecified atom stereocenters. The lowest BCUT2D eigenvalue weighted by Gasteiger charge is -2.00. The van der Waals surface area contributed by atoms with Gasteiger partial charge < -0.3 is 5.32 Å². The first-order chi connectivity index (χ1) is 7.59. The maximum Gasteiger partial charge on any atom is 0.216 e. The second-order valence-corrected chi connectivity index (χ2v) is 4.11. The van der Waals surface area contributed by atoms with E-state index in [2.05, 4.69) is 5.32 Å². The minimum atomic E-state index is 0.00184. The van der Waals surface area contributed by atoms with Gasteiger partial charge in [-0.1, -0.05) is 41.4 Å². The molecule has 0 bridgehead atoms. The topological polar surface area (TPSA) is 29.1 Å². The minimum Gasteiger partial charge on any atom is -0.356 e. The molecule has 0 aliphatic carbocycles. The summed E-state index contributed by atoms with van der Waals surface area (Å²) in [6.45, 7) is 4.21. The molecule has 0 aliphatic rings. The molecular formula is C13H16ClNO. The van der Waals surface area contributed by atoms with Gasteiger partial charge in [0.15, 0.2) is 0 Å². The van der Waals surface area contributed by atoms with Gasteiger partial charge in [0.25, 0.3) is 0 Å². The fourth-order valence-corrected chi connectivity index (χ4v) is 1.51. The van der Waals surface area contributed by atoms with E-state index >= 15 is 0 Å². The third-order valence-corrected chi connectivity index (χ3v) is 2.48. The average Bonchev–Trinajstić information content (AvgIpc) is 2.22. The third kappa shape index (κ3) is 4.49. The number of halogens is 1. The minimum absolute atomic E-state index is 0.00184. The van der Waals surface area contributed by atoms with Crippen molar-refractivity contribution in [3.8, 4) is 0 Å². The van der Waals surface area contributed by atoms with E-state index in [0.29, 0.717) is 6.54 Å². The van der Waals surface area contributed by atoms with Crippen LogP contribution in [0.5, 0.6) is 0 Å². The monoisotopic (exact) mass is 237 g/mol. The normalized spacial score (nSPS) is 10.7. The van der Waals surface area contributed by atoms with Crippen molar-refractivity contribution in [2.45, 2.75) is 20.3 Å². The van der Waals surface area contributed by atoms with E-state index in [1.54, 1.807) is 0 Å². The lowest BCUT2D eigenvalue weighted by molar-refractivity contribution is -0.118. The summed E-state index contributed by atoms with van der Waals surface area (Å²) in [5.74, 6) is 0.00184. The van der Waals surface area contributed by atoms with Gasteiger partial charge in [0.05, 0.1) is 0 Å². The Morgan fingerprint density at radius 3 is 2.94 bits per heavy atom. The van der Waals surface area contributed by atoms with E-state index in [1.807, 2.05) is 37.3 Å². The molecule has 16 heavy (non-hydrogen) atoms. The van der Waals surface area contributed by atoms with Crippen LogP contribution in [0.2, 0.25) is 5.02 Å². The molecule has 0 saturated carbocycles. The first kappa shape index (κ1) is 12.8. The van der Waals surface area contributed by atoms with Gasteiger partial charge in [0, 0.05) is 18.5 Å². The molecule has 1 N–H and O–H groups in total. The van der Waals surface area contributed by atoms with E-state index in [4.69, 9.17) is 11.6 Å². The lowest BCUT2D eigenvalue weighted by Crippen LogP contribution is -2.20. The molecular weight excluding hydrogens is 222 g/mol. The maximum absolute atomic E-state index is 10.6. The van der Waals surface area contributed by atoms with Gasteiger partial charge in [-0.25, -0.2) is 0 Å². The van der Waals surface area contributed by atoms with Gasteiger partial charge in [-0.2, -0.15) is 0 Å². The number of hydrogen-bond donors (Lipinski definition) is 1. The predicted molar refractivity (Wildman–Crippen MR) is 68.5 cm³/mol. The van der Waals surface area contributed by atoms with Crippen LogP contribution in [0.15, 0.2) is 24.3 Å². The first-order valence-corrected chi connectivity index (χ1v) is 5.64. The summed E-state index contributed by atoms with van der Waals surface area (Å²) in [5.41, 5.74) is 2.20. The summed E-state index contributed by atoms with van der Waals surface area (Å²) in [7, 11) is 0. The van der Waals surface area contributed by atoms with Crippen LogP contribution in [0, 0.1) is 6.92 Å². The Bertz CT molecular complexity index is 399. The average molecular weight is 238 g/mol. The summed E-state index contributed by atoms with van der Waals surface area (Å²) in [6, 6.07) is 5.92. The zero-order valence-corrected chi connectivity index (χ0v) is 10.3. The predicted octanol–water partition coefficient (Wildman–Crippen LogP) is 3.19. The standard InChI is InChI=1S/C13H16ClNO/c1-10-6-7-13(14)12(9-10)5-3-4-8-15-11(2)16/h3,5-7,9H,4,8H2,1-2H3,(H,15,16). The van der Waals surface area contributed by atoms with Crippen molar-refractivity contribution in [2.75, 3.05) is 6.54 Å². The zero-order chi connectivity index (χ0) is 12.0. The molecule has 1 rings (SSSR count). The Balaban J connectivity index is 2.49. The van der Waals surface area contributed by atoms with Crippen molar-refractivity contribution < 1.29 is 4.79 Å². The molecule has 1 aromatic carbocycles. The van der Waals surface area contributed by atoms with Gasteiger partial charge in [-0.3, -0.25) is 4.79 Å². The zero-order valence-electron chi connectivity index (χ0n) is 9.59. The van der Waals surface area contributed by atoms with E-state index in [0.717, 1.165) is 17.0 Å². The van der Waals surface area contributed by atoms with Crippen molar-refractivity contribution in [3.63, 3.8) is 0 Å². The first-order valence-electron chi connectivity index (χ1n) is 5.26. The Kier molecular flexibility index (Phi) is 5.06. The highest BCUT2D eigenvalue weighted by atomic mass is 35.5. The molecule has 1 aromatic rings. The quantitative estimate of drug-likeness (QED) is 0.801. The summed E-state index contributed by atoms with van der Waals surface area (Å²) in [5, 5.41) is 3.49. The molecule has 0 heterocycles. The smallest absolute Gasteiger partial charge is 0.216 e. The summed E-state index contributed by atoms with van der Waals surface area (Å²) < 4.78 is 0. The molecule has 1 amide bonds. The number of nitrogens with one attached hydrogen (secondary N) is 1. The van der Waals surface area contributed by atoms with Crippen LogP contribution in [0.4, 0.5) is 0 Å². The molecule has 2 nitrogen and oxygen atoms in total. The molecule has 86 valence electrons. The summed E-state index contributed by atoms with van der Waals surface area (Å²) in [4.78, 5) is 10.6. The number of carbonyl (C=O) groups excluding carboxylic acids is 1. The van der Waals surface area contributed by atoms with Crippen molar-refractivity contribution in [2.24, 2.45) is 0 Å². The van der Waals surface area contributed by atoms with Crippen molar-refractivity contribution in [1.82, 2.24) is 5.32 Å². The fraction of sp³-hybridized carbons (Fsp3) is 0.308. The van der Waals surface area contributed by atoms with Crippen LogP contribution in [-0.2, 0) is 4.79 Å². The van der Waals surface area contributed by atoms with E-state index in [9.17, 15) is 4.79 Å². The Labute approximate surface area is 101 Å². The molecule has 0 aromatic heterocycles. The molecule has 0 radical (unpaired) electrons. The number of hydrogen-bond acceptors (Lipinski definition) is 1. The molecule has 0 aliphatic heterocycles. The van der Waals surface area contributed by atoms with E-state index < -0.39 is 0 Å². The maximum atomic E-state index is 10.6. The number of amides is 1. The Morgan fingerprint density at radius 1 is 1.50 bits per heavy atom. The van der Waals surface area contributed by atoms with Crippen LogP contribution >= 0.6 is 11.6 Å². The molecule has 0 saturated heterocycles. The summed E-state index contributed by atoms with van der Waals surface area (Å²) in [6.07, 6.45) is 4.80. The highest BCUT2D eigenvalue weighted by molar-refractivity contribution is 6.32. The Morgan fingerprint density at radius 2 is 2.25 bits per heavy atom. The lowest BCUT2D eigenvalue weighted by atomic mass is 10.1. The second kappa shape index (κ2) is 6.33. The number of rotatable bonds is 4. The van der Waals surface area contributed by atoms with Crippen molar-refractivity contribution >= 4 is 23.6 Å². The molecule has 0 fully saturated rings. The summed E-state index contributed by atoms with van der Waals surface area (Å²) >= 11 is 6.04. The highest BCUT2D eigenvalue weighted by Crippen LogP contribution is 2.18.